The van der Waals surface area contributed by atoms with E-state index in [-0.39, 0.29) is 30.7 Å². The number of hydrogen-bond acceptors (Lipinski definition) is 6. The topological polar surface area (TPSA) is 102 Å². The number of nitrogens with zero attached hydrogens (tertiary/aromatic N) is 1. The van der Waals surface area contributed by atoms with Crippen molar-refractivity contribution < 1.29 is 17.9 Å². The minimum atomic E-state index is -3.70. The van der Waals surface area contributed by atoms with E-state index in [1.807, 2.05) is 0 Å². The quantitative estimate of drug-likeness (QED) is 0.584. The molecule has 10 heteroatoms. The second-order valence-corrected chi connectivity index (χ2v) is 8.99. The molecule has 2 aliphatic carbocycles. The van der Waals surface area contributed by atoms with Gasteiger partial charge in [0.15, 0.2) is 0 Å². The molecule has 3 aliphatic rings. The van der Waals surface area contributed by atoms with E-state index in [0.29, 0.717) is 45.4 Å². The molecule has 0 bridgehead atoms. The lowest BCUT2D eigenvalue weighted by molar-refractivity contribution is -0.121. The van der Waals surface area contributed by atoms with Gasteiger partial charge in [-0.3, -0.25) is 14.4 Å². The summed E-state index contributed by atoms with van der Waals surface area (Å²) in [5.74, 6) is -0.735. The van der Waals surface area contributed by atoms with Crippen molar-refractivity contribution in [2.75, 3.05) is 32.8 Å². The fraction of sp³-hybridized carbons (Fsp3) is 0.800. The molecule has 1 saturated heterocycles. The van der Waals surface area contributed by atoms with Gasteiger partial charge in [-0.05, 0) is 32.2 Å². The summed E-state index contributed by atoms with van der Waals surface area (Å²) in [5.41, 5.74) is 4.83. The zero-order chi connectivity index (χ0) is 16.7. The Balaban J connectivity index is 0.00000156. The van der Waals surface area contributed by atoms with Gasteiger partial charge in [0, 0.05) is 19.0 Å². The Labute approximate surface area is 161 Å². The average molecular weight is 416 g/mol. The van der Waals surface area contributed by atoms with Crippen molar-refractivity contribution in [1.82, 2.24) is 9.62 Å². The molecule has 0 aromatic rings. The first-order valence-corrected chi connectivity index (χ1v) is 9.60. The normalized spacial score (nSPS) is 30.4. The molecular formula is C15H27Cl2N3O4S. The Morgan fingerprint density at radius 1 is 1.32 bits per heavy atom. The van der Waals surface area contributed by atoms with Gasteiger partial charge in [-0.1, -0.05) is 6.08 Å². The Hall–Kier alpha value is -0.380. The largest absolute Gasteiger partial charge is 0.379 e. The number of amides is 1. The van der Waals surface area contributed by atoms with Crippen LogP contribution in [-0.4, -0.2) is 62.4 Å². The van der Waals surface area contributed by atoms with Crippen molar-refractivity contribution in [1.29, 1.82) is 0 Å². The Morgan fingerprint density at radius 2 is 1.92 bits per heavy atom. The molecule has 1 amide bonds. The maximum atomic E-state index is 12.6. The van der Waals surface area contributed by atoms with Gasteiger partial charge in [-0.15, -0.1) is 31.4 Å². The minimum absolute atomic E-state index is 0. The molecule has 7 nitrogen and oxygen atoms in total. The van der Waals surface area contributed by atoms with Crippen LogP contribution in [0, 0.1) is 5.92 Å². The van der Waals surface area contributed by atoms with Crippen LogP contribution in [0.2, 0.25) is 0 Å². The van der Waals surface area contributed by atoms with Gasteiger partial charge in [0.2, 0.25) is 10.0 Å². The van der Waals surface area contributed by atoms with Gasteiger partial charge < -0.3 is 10.5 Å². The summed E-state index contributed by atoms with van der Waals surface area (Å²) in [7, 11) is -3.70. The van der Waals surface area contributed by atoms with E-state index in [2.05, 4.69) is 16.2 Å². The molecule has 2 atom stereocenters. The Bertz CT molecular complexity index is 606. The van der Waals surface area contributed by atoms with E-state index in [0.717, 1.165) is 13.1 Å². The van der Waals surface area contributed by atoms with Crippen molar-refractivity contribution in [3.63, 3.8) is 0 Å². The zero-order valence-electron chi connectivity index (χ0n) is 14.1. The van der Waals surface area contributed by atoms with Crippen molar-refractivity contribution in [2.45, 2.75) is 36.0 Å². The molecule has 1 heterocycles. The SMILES string of the molecule is C=C[C@@H]1C[C@]1(N)C(=O)NS(=O)(=O)C1(CCN2CCOCC2)CC1.Cl.Cl. The van der Waals surface area contributed by atoms with E-state index in [1.165, 1.54) is 0 Å². The van der Waals surface area contributed by atoms with Crippen LogP contribution < -0.4 is 10.5 Å². The van der Waals surface area contributed by atoms with E-state index >= 15 is 0 Å². The average Bonchev–Trinajstić information content (AvgIpc) is 3.42. The molecule has 0 aromatic heterocycles. The number of rotatable bonds is 7. The number of carbonyl (C=O) groups is 1. The maximum Gasteiger partial charge on any atom is 0.254 e. The monoisotopic (exact) mass is 415 g/mol. The van der Waals surface area contributed by atoms with Crippen molar-refractivity contribution in [2.24, 2.45) is 11.7 Å². The Kier molecular flexibility index (Phi) is 7.34. The molecule has 0 radical (unpaired) electrons. The van der Waals surface area contributed by atoms with Crippen LogP contribution >= 0.6 is 24.8 Å². The molecule has 0 spiro atoms. The van der Waals surface area contributed by atoms with Gasteiger partial charge in [0.05, 0.1) is 18.0 Å². The second kappa shape index (κ2) is 8.10. The van der Waals surface area contributed by atoms with Crippen LogP contribution in [0.1, 0.15) is 25.7 Å². The first-order chi connectivity index (χ1) is 10.8. The molecule has 3 rings (SSSR count). The fourth-order valence-corrected chi connectivity index (χ4v) is 4.81. The fourth-order valence-electron chi connectivity index (χ4n) is 3.16. The number of nitrogens with one attached hydrogen (secondary N) is 1. The van der Waals surface area contributed by atoms with Crippen LogP contribution in [-0.2, 0) is 19.6 Å². The summed E-state index contributed by atoms with van der Waals surface area (Å²) in [5, 5.41) is 0. The van der Waals surface area contributed by atoms with Gasteiger partial charge in [-0.2, -0.15) is 0 Å². The molecule has 146 valence electrons. The number of halogens is 2. The molecule has 0 unspecified atom stereocenters. The van der Waals surface area contributed by atoms with Gasteiger partial charge in [-0.25, -0.2) is 8.42 Å². The van der Waals surface area contributed by atoms with Crippen molar-refractivity contribution in [3.8, 4) is 0 Å². The third kappa shape index (κ3) is 4.48. The summed E-state index contributed by atoms with van der Waals surface area (Å²) < 4.78 is 31.9. The van der Waals surface area contributed by atoms with Crippen LogP contribution in [0.15, 0.2) is 12.7 Å². The van der Waals surface area contributed by atoms with Crippen LogP contribution in [0.5, 0.6) is 0 Å². The maximum absolute atomic E-state index is 12.6. The number of morpholine rings is 1. The molecule has 3 fully saturated rings. The first-order valence-electron chi connectivity index (χ1n) is 8.11. The highest BCUT2D eigenvalue weighted by Crippen LogP contribution is 2.47. The summed E-state index contributed by atoms with van der Waals surface area (Å²) in [4.78, 5) is 14.4. The number of sulfonamides is 1. The standard InChI is InChI=1S/C15H25N3O4S.2ClH/c1-2-12-11-15(12,16)13(19)17-23(20,21)14(3-4-14)5-6-18-7-9-22-10-8-18;;/h2,12H,1,3-11,16H2,(H,17,19);2*1H/t12-,15-;;/m1../s1. The zero-order valence-corrected chi connectivity index (χ0v) is 16.6. The van der Waals surface area contributed by atoms with Gasteiger partial charge in [0.1, 0.15) is 5.54 Å². The van der Waals surface area contributed by atoms with E-state index in [9.17, 15) is 13.2 Å². The summed E-state index contributed by atoms with van der Waals surface area (Å²) >= 11 is 0. The van der Waals surface area contributed by atoms with E-state index in [4.69, 9.17) is 10.5 Å². The highest BCUT2D eigenvalue weighted by molar-refractivity contribution is 7.91. The van der Waals surface area contributed by atoms with Crippen LogP contribution in [0.4, 0.5) is 0 Å². The molecule has 25 heavy (non-hydrogen) atoms. The van der Waals surface area contributed by atoms with Crippen LogP contribution in [0.3, 0.4) is 0 Å². The van der Waals surface area contributed by atoms with E-state index < -0.39 is 26.2 Å². The van der Waals surface area contributed by atoms with Gasteiger partial charge in [0.25, 0.3) is 5.91 Å². The summed E-state index contributed by atoms with van der Waals surface area (Å²) in [6.45, 7) is 7.36. The Morgan fingerprint density at radius 3 is 2.40 bits per heavy atom. The number of hydrogen-bond donors (Lipinski definition) is 2. The molecular weight excluding hydrogens is 389 g/mol. The smallest absolute Gasteiger partial charge is 0.254 e. The number of nitrogens with two attached hydrogens (primary N) is 1. The van der Waals surface area contributed by atoms with Crippen LogP contribution in [0.25, 0.3) is 0 Å². The molecule has 2 saturated carbocycles. The first kappa shape index (κ1) is 22.7. The lowest BCUT2D eigenvalue weighted by Crippen LogP contribution is -2.50. The predicted molar refractivity (Wildman–Crippen MR) is 101 cm³/mol. The summed E-state index contributed by atoms with van der Waals surface area (Å²) in [6, 6.07) is 0. The lowest BCUT2D eigenvalue weighted by Gasteiger charge is -2.28. The third-order valence-electron chi connectivity index (χ3n) is 5.36. The second-order valence-electron chi connectivity index (χ2n) is 6.91. The lowest BCUT2D eigenvalue weighted by atomic mass is 10.2. The highest BCUT2D eigenvalue weighted by atomic mass is 35.5. The molecule has 3 N–H and O–H groups in total. The number of ether oxygens (including phenoxy) is 1. The summed E-state index contributed by atoms with van der Waals surface area (Å²) in [6.07, 6.45) is 3.80. The third-order valence-corrected chi connectivity index (χ3v) is 7.57. The highest BCUT2D eigenvalue weighted by Gasteiger charge is 2.60. The van der Waals surface area contributed by atoms with Crippen molar-refractivity contribution in [3.05, 3.63) is 12.7 Å². The number of carbonyl (C=O) groups excluding carboxylic acids is 1. The molecule has 0 aromatic carbocycles. The van der Waals surface area contributed by atoms with Crippen molar-refractivity contribution >= 4 is 40.7 Å². The predicted octanol–water partition coefficient (Wildman–Crippen LogP) is 0.434. The van der Waals surface area contributed by atoms with E-state index in [1.54, 1.807) is 6.08 Å². The molecule has 1 aliphatic heterocycles. The minimum Gasteiger partial charge on any atom is -0.379 e. The van der Waals surface area contributed by atoms with Gasteiger partial charge >= 0.3 is 0 Å².